The molecule has 4 N–H and O–H groups in total. The minimum Gasteiger partial charge on any atom is -0.397 e. The molecule has 0 unspecified atom stereocenters. The van der Waals surface area contributed by atoms with Gasteiger partial charge in [0.05, 0.1) is 17.5 Å². The molecule has 6 nitrogen and oxygen atoms in total. The Morgan fingerprint density at radius 2 is 2.14 bits per heavy atom. The molecule has 21 heavy (non-hydrogen) atoms. The lowest BCUT2D eigenvalue weighted by atomic mass is 9.82. The van der Waals surface area contributed by atoms with E-state index >= 15 is 0 Å². The number of aliphatic hydroxyl groups excluding tert-OH is 1. The van der Waals surface area contributed by atoms with Gasteiger partial charge in [-0.15, -0.1) is 0 Å². The third kappa shape index (κ3) is 2.90. The van der Waals surface area contributed by atoms with Crippen molar-refractivity contribution < 1.29 is 9.90 Å². The van der Waals surface area contributed by atoms with E-state index in [4.69, 9.17) is 5.73 Å². The van der Waals surface area contributed by atoms with Crippen LogP contribution in [0.1, 0.15) is 23.3 Å². The number of hydrogen-bond acceptors (Lipinski definition) is 4. The summed E-state index contributed by atoms with van der Waals surface area (Å²) < 4.78 is 1.59. The highest BCUT2D eigenvalue weighted by Crippen LogP contribution is 2.26. The molecule has 1 aromatic carbocycles. The predicted octanol–water partition coefficient (Wildman–Crippen LogP) is 0.955. The second-order valence-corrected chi connectivity index (χ2v) is 5.41. The average molecular weight is 286 g/mol. The van der Waals surface area contributed by atoms with Crippen molar-refractivity contribution in [3.63, 3.8) is 0 Å². The first-order valence-corrected chi connectivity index (χ1v) is 7.00. The Morgan fingerprint density at radius 3 is 2.86 bits per heavy atom. The van der Waals surface area contributed by atoms with Gasteiger partial charge in [0.1, 0.15) is 0 Å². The molecule has 1 fully saturated rings. The number of nitrogens with zero attached hydrogens (tertiary/aromatic N) is 2. The average Bonchev–Trinajstić information content (AvgIpc) is 2.92. The molecule has 0 spiro atoms. The zero-order valence-corrected chi connectivity index (χ0v) is 11.6. The third-order valence-electron chi connectivity index (χ3n) is 3.77. The molecule has 0 radical (unpaired) electrons. The number of carbonyl (C=O) groups excluding carboxylic acids is 1. The van der Waals surface area contributed by atoms with Crippen LogP contribution in [-0.2, 0) is 0 Å². The molecule has 1 saturated carbocycles. The minimum atomic E-state index is -0.204. The summed E-state index contributed by atoms with van der Waals surface area (Å²) in [5.74, 6) is 0.167. The van der Waals surface area contributed by atoms with E-state index in [1.807, 2.05) is 18.2 Å². The fourth-order valence-electron chi connectivity index (χ4n) is 2.47. The third-order valence-corrected chi connectivity index (χ3v) is 3.77. The smallest absolute Gasteiger partial charge is 0.271 e. The highest BCUT2D eigenvalue weighted by Gasteiger charge is 2.27. The lowest BCUT2D eigenvalue weighted by Crippen LogP contribution is -2.38. The first-order chi connectivity index (χ1) is 10.1. The standard InChI is InChI=1S/C15H18N4O2/c16-12-3-1-2-4-14(12)19-6-5-13(18-19)15(21)17-9-10-7-11(20)8-10/h1-6,10-11,20H,7-9,16H2,(H,17,21). The van der Waals surface area contributed by atoms with Crippen molar-refractivity contribution in [2.24, 2.45) is 5.92 Å². The maximum atomic E-state index is 12.0. The summed E-state index contributed by atoms with van der Waals surface area (Å²) in [5, 5.41) is 16.3. The van der Waals surface area contributed by atoms with Gasteiger partial charge >= 0.3 is 0 Å². The van der Waals surface area contributed by atoms with Crippen LogP contribution in [0.25, 0.3) is 5.69 Å². The number of amides is 1. The number of para-hydroxylation sites is 2. The Bertz CT molecular complexity index is 647. The Balaban J connectivity index is 1.64. The van der Waals surface area contributed by atoms with Gasteiger partial charge in [0.25, 0.3) is 5.91 Å². The summed E-state index contributed by atoms with van der Waals surface area (Å²) in [6, 6.07) is 9.02. The van der Waals surface area contributed by atoms with Gasteiger partial charge in [0.2, 0.25) is 0 Å². The Labute approximate surface area is 122 Å². The molecule has 1 heterocycles. The zero-order valence-electron chi connectivity index (χ0n) is 11.6. The largest absolute Gasteiger partial charge is 0.397 e. The van der Waals surface area contributed by atoms with Crippen molar-refractivity contribution >= 4 is 11.6 Å². The first kappa shape index (κ1) is 13.6. The second kappa shape index (κ2) is 5.57. The Morgan fingerprint density at radius 1 is 1.38 bits per heavy atom. The van der Waals surface area contributed by atoms with Gasteiger partial charge in [0.15, 0.2) is 5.69 Å². The molecule has 0 bridgehead atoms. The number of anilines is 1. The predicted molar refractivity (Wildman–Crippen MR) is 79.0 cm³/mol. The van der Waals surface area contributed by atoms with Crippen LogP contribution >= 0.6 is 0 Å². The van der Waals surface area contributed by atoms with E-state index in [0.717, 1.165) is 18.5 Å². The van der Waals surface area contributed by atoms with Gasteiger partial charge in [-0.05, 0) is 37.0 Å². The molecular weight excluding hydrogens is 268 g/mol. The fourth-order valence-corrected chi connectivity index (χ4v) is 2.47. The molecule has 0 aliphatic heterocycles. The SMILES string of the molecule is Nc1ccccc1-n1ccc(C(=O)NCC2CC(O)C2)n1. The van der Waals surface area contributed by atoms with E-state index in [0.29, 0.717) is 23.8 Å². The van der Waals surface area contributed by atoms with Crippen molar-refractivity contribution in [2.75, 3.05) is 12.3 Å². The summed E-state index contributed by atoms with van der Waals surface area (Å²) in [6.45, 7) is 0.580. The number of benzene rings is 1. The lowest BCUT2D eigenvalue weighted by Gasteiger charge is -2.31. The van der Waals surface area contributed by atoms with Crippen LogP contribution in [0.2, 0.25) is 0 Å². The van der Waals surface area contributed by atoms with Crippen LogP contribution in [0.3, 0.4) is 0 Å². The van der Waals surface area contributed by atoms with Gasteiger partial charge in [-0.2, -0.15) is 5.10 Å². The summed E-state index contributed by atoms with van der Waals surface area (Å²) in [6.07, 6.45) is 3.03. The molecule has 0 saturated heterocycles. The number of aromatic nitrogens is 2. The molecule has 3 rings (SSSR count). The zero-order chi connectivity index (χ0) is 14.8. The highest BCUT2D eigenvalue weighted by atomic mass is 16.3. The second-order valence-electron chi connectivity index (χ2n) is 5.41. The van der Waals surface area contributed by atoms with Gasteiger partial charge in [-0.1, -0.05) is 12.1 Å². The topological polar surface area (TPSA) is 93.2 Å². The summed E-state index contributed by atoms with van der Waals surface area (Å²) in [4.78, 5) is 12.0. The van der Waals surface area contributed by atoms with Gasteiger partial charge in [-0.25, -0.2) is 4.68 Å². The number of carbonyl (C=O) groups is 1. The molecule has 1 aliphatic carbocycles. The molecule has 2 aromatic rings. The summed E-state index contributed by atoms with van der Waals surface area (Å²) in [7, 11) is 0. The quantitative estimate of drug-likeness (QED) is 0.730. The summed E-state index contributed by atoms with van der Waals surface area (Å²) in [5.41, 5.74) is 7.61. The normalized spacial score (nSPS) is 20.8. The number of nitrogen functional groups attached to an aromatic ring is 1. The number of rotatable bonds is 4. The number of aliphatic hydroxyl groups is 1. The highest BCUT2D eigenvalue weighted by molar-refractivity contribution is 5.92. The Kier molecular flexibility index (Phi) is 3.62. The Hall–Kier alpha value is -2.34. The minimum absolute atomic E-state index is 0.202. The van der Waals surface area contributed by atoms with E-state index in [1.54, 1.807) is 23.0 Å². The van der Waals surface area contributed by atoms with E-state index < -0.39 is 0 Å². The number of hydrogen-bond donors (Lipinski definition) is 3. The van der Waals surface area contributed by atoms with E-state index in [9.17, 15) is 9.90 Å². The molecule has 1 aliphatic rings. The molecule has 0 atom stereocenters. The van der Waals surface area contributed by atoms with Gasteiger partial charge in [-0.3, -0.25) is 4.79 Å². The van der Waals surface area contributed by atoms with Crippen molar-refractivity contribution in [1.82, 2.24) is 15.1 Å². The lowest BCUT2D eigenvalue weighted by molar-refractivity contribution is 0.0419. The van der Waals surface area contributed by atoms with Crippen LogP contribution < -0.4 is 11.1 Å². The van der Waals surface area contributed by atoms with E-state index in [2.05, 4.69) is 10.4 Å². The number of nitrogens with one attached hydrogen (secondary N) is 1. The van der Waals surface area contributed by atoms with Crippen LogP contribution in [0.5, 0.6) is 0 Å². The molecule has 1 aromatic heterocycles. The van der Waals surface area contributed by atoms with Crippen LogP contribution in [0.4, 0.5) is 5.69 Å². The van der Waals surface area contributed by atoms with Crippen LogP contribution in [0.15, 0.2) is 36.5 Å². The monoisotopic (exact) mass is 286 g/mol. The van der Waals surface area contributed by atoms with Crippen LogP contribution in [-0.4, -0.2) is 33.4 Å². The van der Waals surface area contributed by atoms with E-state index in [-0.39, 0.29) is 12.0 Å². The number of nitrogens with two attached hydrogens (primary N) is 1. The van der Waals surface area contributed by atoms with Crippen molar-refractivity contribution in [1.29, 1.82) is 0 Å². The first-order valence-electron chi connectivity index (χ1n) is 7.00. The van der Waals surface area contributed by atoms with Gasteiger partial charge in [0, 0.05) is 12.7 Å². The van der Waals surface area contributed by atoms with Crippen LogP contribution in [0, 0.1) is 5.92 Å². The van der Waals surface area contributed by atoms with Crippen molar-refractivity contribution in [3.8, 4) is 5.69 Å². The molecule has 6 heteroatoms. The van der Waals surface area contributed by atoms with E-state index in [1.165, 1.54) is 0 Å². The van der Waals surface area contributed by atoms with Gasteiger partial charge < -0.3 is 16.2 Å². The van der Waals surface area contributed by atoms with Crippen molar-refractivity contribution in [3.05, 3.63) is 42.2 Å². The molecule has 1 amide bonds. The maximum Gasteiger partial charge on any atom is 0.271 e. The molecule has 110 valence electrons. The maximum absolute atomic E-state index is 12.0. The fraction of sp³-hybridized carbons (Fsp3) is 0.333. The summed E-state index contributed by atoms with van der Waals surface area (Å²) >= 11 is 0. The molecular formula is C15H18N4O2. The van der Waals surface area contributed by atoms with Crippen molar-refractivity contribution in [2.45, 2.75) is 18.9 Å².